The number of aryl methyl sites for hydroxylation is 1. The maximum atomic E-state index is 14.2. The molecule has 37 heavy (non-hydrogen) atoms. The van der Waals surface area contributed by atoms with Crippen LogP contribution in [0.5, 0.6) is 5.88 Å². The molecule has 0 aliphatic carbocycles. The van der Waals surface area contributed by atoms with Crippen LogP contribution in [0.1, 0.15) is 24.5 Å². The van der Waals surface area contributed by atoms with E-state index in [1.54, 1.807) is 24.8 Å². The zero-order chi connectivity index (χ0) is 25.9. The van der Waals surface area contributed by atoms with Crippen LogP contribution in [0.4, 0.5) is 11.5 Å². The lowest BCUT2D eigenvalue weighted by atomic mass is 9.98. The van der Waals surface area contributed by atoms with E-state index in [1.807, 2.05) is 73.7 Å². The van der Waals surface area contributed by atoms with Crippen LogP contribution in [0.2, 0.25) is 0 Å². The zero-order valence-corrected chi connectivity index (χ0v) is 20.6. The number of ether oxygens (including phenoxy) is 1. The quantitative estimate of drug-likeness (QED) is 0.300. The van der Waals surface area contributed by atoms with Gasteiger partial charge in [-0.1, -0.05) is 36.4 Å². The summed E-state index contributed by atoms with van der Waals surface area (Å²) in [4.78, 5) is 30.5. The Kier molecular flexibility index (Phi) is 6.35. The van der Waals surface area contributed by atoms with Crippen LogP contribution < -0.4 is 15.6 Å². The van der Waals surface area contributed by atoms with Crippen molar-refractivity contribution in [3.05, 3.63) is 112 Å². The first-order valence-corrected chi connectivity index (χ1v) is 11.7. The van der Waals surface area contributed by atoms with E-state index >= 15 is 0 Å². The average Bonchev–Trinajstić information content (AvgIpc) is 2.93. The van der Waals surface area contributed by atoms with E-state index in [0.29, 0.717) is 28.6 Å². The summed E-state index contributed by atoms with van der Waals surface area (Å²) in [7, 11) is 1.57. The van der Waals surface area contributed by atoms with E-state index in [2.05, 4.69) is 25.1 Å². The van der Waals surface area contributed by atoms with E-state index in [-0.39, 0.29) is 11.6 Å². The number of methoxy groups -OCH3 is 1. The number of fused-ring (bicyclic) bond motifs is 1. The number of aromatic nitrogens is 4. The summed E-state index contributed by atoms with van der Waals surface area (Å²) in [6.07, 6.45) is 3.17. The van der Waals surface area contributed by atoms with Crippen molar-refractivity contribution < 1.29 is 4.74 Å². The molecule has 0 fully saturated rings. The predicted octanol–water partition coefficient (Wildman–Crippen LogP) is 5.88. The van der Waals surface area contributed by atoms with Gasteiger partial charge in [0.25, 0.3) is 5.56 Å². The van der Waals surface area contributed by atoms with Gasteiger partial charge in [-0.3, -0.25) is 14.3 Å². The summed E-state index contributed by atoms with van der Waals surface area (Å²) >= 11 is 0. The van der Waals surface area contributed by atoms with Gasteiger partial charge in [-0.25, -0.2) is 14.8 Å². The first-order valence-electron chi connectivity index (χ1n) is 11.7. The number of hydrogen-bond acceptors (Lipinski definition) is 6. The molecular weight excluding hydrogens is 464 g/mol. The molecule has 0 bridgehead atoms. The lowest BCUT2D eigenvalue weighted by molar-refractivity contribution is 0.398. The fraction of sp³-hybridized carbons (Fsp3) is 0.138. The van der Waals surface area contributed by atoms with Crippen molar-refractivity contribution in [1.82, 2.24) is 19.5 Å². The molecule has 3 aromatic heterocycles. The van der Waals surface area contributed by atoms with Gasteiger partial charge in [0.2, 0.25) is 11.6 Å². The van der Waals surface area contributed by atoms with Gasteiger partial charge in [0.15, 0.2) is 0 Å². The van der Waals surface area contributed by atoms with Crippen molar-refractivity contribution in [3.8, 4) is 22.7 Å². The largest absolute Gasteiger partial charge is 0.481 e. The van der Waals surface area contributed by atoms with E-state index in [9.17, 15) is 4.79 Å². The highest BCUT2D eigenvalue weighted by atomic mass is 16.5. The van der Waals surface area contributed by atoms with Crippen molar-refractivity contribution in [1.29, 1.82) is 0 Å². The summed E-state index contributed by atoms with van der Waals surface area (Å²) in [5.74, 6) is 1.46. The molecule has 0 amide bonds. The molecule has 8 heteroatoms. The van der Waals surface area contributed by atoms with Crippen LogP contribution in [0.3, 0.4) is 0 Å². The normalized spacial score (nSPS) is 11.6. The number of hydrogen-bond donors (Lipinski definition) is 1. The highest BCUT2D eigenvalue weighted by molar-refractivity contribution is 5.96. The third kappa shape index (κ3) is 4.50. The van der Waals surface area contributed by atoms with Gasteiger partial charge in [-0.2, -0.15) is 0 Å². The van der Waals surface area contributed by atoms with Gasteiger partial charge in [0, 0.05) is 29.8 Å². The van der Waals surface area contributed by atoms with Crippen molar-refractivity contribution in [2.24, 2.45) is 0 Å². The molecule has 1 unspecified atom stereocenters. The minimum Gasteiger partial charge on any atom is -0.481 e. The lowest BCUT2D eigenvalue weighted by Gasteiger charge is -2.22. The lowest BCUT2D eigenvalue weighted by Crippen LogP contribution is -2.26. The highest BCUT2D eigenvalue weighted by Crippen LogP contribution is 2.32. The van der Waals surface area contributed by atoms with Crippen LogP contribution in [0, 0.1) is 13.5 Å². The Bertz CT molecular complexity index is 1710. The van der Waals surface area contributed by atoms with Crippen LogP contribution in [-0.2, 0) is 0 Å². The van der Waals surface area contributed by atoms with Gasteiger partial charge in [-0.05, 0) is 54.6 Å². The minimum absolute atomic E-state index is 0.150. The SMILES string of the molecule is [C-]#[N+]c1cnc(C)nc1NC(C)c1cc2cccc(-c3ccnc(OC)c3)c2c(=O)n1-c1ccccc1. The third-order valence-corrected chi connectivity index (χ3v) is 6.15. The topological polar surface area (TPSA) is 86.3 Å². The highest BCUT2D eigenvalue weighted by Gasteiger charge is 2.20. The maximum Gasteiger partial charge on any atom is 0.263 e. The second-order valence-electron chi connectivity index (χ2n) is 8.53. The second kappa shape index (κ2) is 9.91. The first kappa shape index (κ1) is 23.7. The Morgan fingerprint density at radius 3 is 2.62 bits per heavy atom. The van der Waals surface area contributed by atoms with E-state index in [4.69, 9.17) is 11.3 Å². The monoisotopic (exact) mass is 488 g/mol. The maximum absolute atomic E-state index is 14.2. The molecular formula is C29H24N6O2. The Labute approximate surface area is 214 Å². The minimum atomic E-state index is -0.350. The van der Waals surface area contributed by atoms with Gasteiger partial charge >= 0.3 is 0 Å². The molecule has 0 saturated carbocycles. The Morgan fingerprint density at radius 1 is 1.05 bits per heavy atom. The van der Waals surface area contributed by atoms with Crippen molar-refractivity contribution in [3.63, 3.8) is 0 Å². The molecule has 0 radical (unpaired) electrons. The molecule has 1 atom stereocenters. The molecule has 0 aliphatic rings. The Morgan fingerprint density at radius 2 is 1.86 bits per heavy atom. The summed E-state index contributed by atoms with van der Waals surface area (Å²) in [5.41, 5.74) is 3.28. The number of nitrogens with one attached hydrogen (secondary N) is 1. The van der Waals surface area contributed by atoms with Crippen LogP contribution in [0.15, 0.2) is 83.9 Å². The fourth-order valence-corrected chi connectivity index (χ4v) is 4.40. The van der Waals surface area contributed by atoms with Gasteiger partial charge in [0.05, 0.1) is 25.1 Å². The van der Waals surface area contributed by atoms with Crippen molar-refractivity contribution in [2.75, 3.05) is 12.4 Å². The zero-order valence-electron chi connectivity index (χ0n) is 20.6. The van der Waals surface area contributed by atoms with Crippen LogP contribution in [0.25, 0.3) is 32.4 Å². The number of para-hydroxylation sites is 1. The summed E-state index contributed by atoms with van der Waals surface area (Å²) in [6, 6.07) is 20.7. The predicted molar refractivity (Wildman–Crippen MR) is 144 cm³/mol. The average molecular weight is 489 g/mol. The molecule has 0 spiro atoms. The van der Waals surface area contributed by atoms with Crippen LogP contribution in [-0.4, -0.2) is 26.6 Å². The van der Waals surface area contributed by atoms with E-state index in [0.717, 1.165) is 27.9 Å². The van der Waals surface area contributed by atoms with Crippen molar-refractivity contribution in [2.45, 2.75) is 19.9 Å². The van der Waals surface area contributed by atoms with Crippen LogP contribution >= 0.6 is 0 Å². The fourth-order valence-electron chi connectivity index (χ4n) is 4.40. The number of rotatable bonds is 6. The smallest absolute Gasteiger partial charge is 0.263 e. The Balaban J connectivity index is 1.74. The van der Waals surface area contributed by atoms with E-state index < -0.39 is 0 Å². The molecule has 8 nitrogen and oxygen atoms in total. The van der Waals surface area contributed by atoms with Gasteiger partial charge in [-0.15, -0.1) is 0 Å². The van der Waals surface area contributed by atoms with Gasteiger partial charge in [0.1, 0.15) is 11.6 Å². The number of anilines is 1. The standard InChI is InChI=1S/C29H24N6O2/c1-18(33-28-24(30-3)17-32-19(2)34-28)25-15-21-9-8-12-23(20-13-14-31-26(16-20)37-4)27(21)29(36)35(25)22-10-6-5-7-11-22/h5-18H,1-2,4H3,(H,32,33,34). The number of pyridine rings is 2. The van der Waals surface area contributed by atoms with Crippen molar-refractivity contribution >= 4 is 22.3 Å². The number of nitrogens with zero attached hydrogens (tertiary/aromatic N) is 5. The molecule has 182 valence electrons. The molecule has 5 aromatic rings. The molecule has 2 aromatic carbocycles. The third-order valence-electron chi connectivity index (χ3n) is 6.15. The summed E-state index contributed by atoms with van der Waals surface area (Å²) in [6.45, 7) is 11.2. The second-order valence-corrected chi connectivity index (χ2v) is 8.53. The van der Waals surface area contributed by atoms with Gasteiger partial charge < -0.3 is 10.1 Å². The molecule has 0 saturated heterocycles. The summed E-state index contributed by atoms with van der Waals surface area (Å²) in [5, 5.41) is 4.73. The first-order chi connectivity index (χ1) is 18.0. The molecule has 1 N–H and O–H groups in total. The number of benzene rings is 2. The molecule has 0 aliphatic heterocycles. The molecule has 5 rings (SSSR count). The Hall–Kier alpha value is -5.03. The summed E-state index contributed by atoms with van der Waals surface area (Å²) < 4.78 is 7.03. The van der Waals surface area contributed by atoms with E-state index in [1.165, 1.54) is 6.20 Å². The molecule has 3 heterocycles.